The van der Waals surface area contributed by atoms with E-state index >= 15 is 0 Å². The minimum atomic E-state index is 0.615. The molecule has 1 aromatic carbocycles. The molecule has 0 bridgehead atoms. The smallest absolute Gasteiger partial charge is 0.0205 e. The van der Waals surface area contributed by atoms with Crippen LogP contribution in [0, 0.1) is 0 Å². The summed E-state index contributed by atoms with van der Waals surface area (Å²) in [6, 6.07) is 8.82. The van der Waals surface area contributed by atoms with E-state index in [-0.39, 0.29) is 0 Å². The SMILES string of the molecule is CC(C)c1ccc(CNCCCN)cc1. The predicted molar refractivity (Wildman–Crippen MR) is 65.9 cm³/mol. The number of nitrogens with two attached hydrogens (primary N) is 1. The third-order valence-electron chi connectivity index (χ3n) is 2.53. The van der Waals surface area contributed by atoms with Crippen molar-refractivity contribution < 1.29 is 0 Å². The van der Waals surface area contributed by atoms with Crippen molar-refractivity contribution in [2.75, 3.05) is 13.1 Å². The van der Waals surface area contributed by atoms with Crippen molar-refractivity contribution in [3.63, 3.8) is 0 Å². The highest BCUT2D eigenvalue weighted by Gasteiger charge is 1.98. The molecule has 1 rings (SSSR count). The molecule has 15 heavy (non-hydrogen) atoms. The van der Waals surface area contributed by atoms with E-state index in [0.29, 0.717) is 5.92 Å². The fourth-order valence-corrected chi connectivity index (χ4v) is 1.48. The number of nitrogens with one attached hydrogen (secondary N) is 1. The van der Waals surface area contributed by atoms with Gasteiger partial charge in [0.05, 0.1) is 0 Å². The zero-order valence-corrected chi connectivity index (χ0v) is 9.79. The van der Waals surface area contributed by atoms with Crippen LogP contribution in [0.25, 0.3) is 0 Å². The summed E-state index contributed by atoms with van der Waals surface area (Å²) in [7, 11) is 0. The zero-order chi connectivity index (χ0) is 11.1. The van der Waals surface area contributed by atoms with E-state index < -0.39 is 0 Å². The lowest BCUT2D eigenvalue weighted by Crippen LogP contribution is -2.17. The molecule has 0 spiro atoms. The Morgan fingerprint density at radius 2 is 1.87 bits per heavy atom. The minimum Gasteiger partial charge on any atom is -0.330 e. The van der Waals surface area contributed by atoms with Crippen molar-refractivity contribution in [2.45, 2.75) is 32.7 Å². The third kappa shape index (κ3) is 4.45. The average molecular weight is 206 g/mol. The molecule has 0 aliphatic carbocycles. The second-order valence-corrected chi connectivity index (χ2v) is 4.22. The van der Waals surface area contributed by atoms with Gasteiger partial charge in [0.25, 0.3) is 0 Å². The van der Waals surface area contributed by atoms with Crippen LogP contribution in [0.1, 0.15) is 37.3 Å². The van der Waals surface area contributed by atoms with Crippen LogP contribution < -0.4 is 11.1 Å². The molecule has 0 amide bonds. The summed E-state index contributed by atoms with van der Waals surface area (Å²) in [6.45, 7) is 7.14. The van der Waals surface area contributed by atoms with Gasteiger partial charge < -0.3 is 11.1 Å². The van der Waals surface area contributed by atoms with Crippen molar-refractivity contribution in [1.82, 2.24) is 5.32 Å². The molecular weight excluding hydrogens is 184 g/mol. The summed E-state index contributed by atoms with van der Waals surface area (Å²) in [6.07, 6.45) is 1.05. The number of rotatable bonds is 6. The number of hydrogen-bond acceptors (Lipinski definition) is 2. The Labute approximate surface area is 92.9 Å². The lowest BCUT2D eigenvalue weighted by atomic mass is 10.0. The Kier molecular flexibility index (Phi) is 5.37. The molecule has 84 valence electrons. The molecule has 2 heteroatoms. The molecule has 0 atom stereocenters. The van der Waals surface area contributed by atoms with Crippen LogP contribution in [-0.2, 0) is 6.54 Å². The molecule has 0 unspecified atom stereocenters. The largest absolute Gasteiger partial charge is 0.330 e. The second-order valence-electron chi connectivity index (χ2n) is 4.22. The Balaban J connectivity index is 2.36. The van der Waals surface area contributed by atoms with Crippen LogP contribution in [-0.4, -0.2) is 13.1 Å². The fraction of sp³-hybridized carbons (Fsp3) is 0.538. The van der Waals surface area contributed by atoms with Crippen LogP contribution in [0.5, 0.6) is 0 Å². The molecule has 0 saturated carbocycles. The van der Waals surface area contributed by atoms with E-state index in [9.17, 15) is 0 Å². The Morgan fingerprint density at radius 1 is 1.20 bits per heavy atom. The van der Waals surface area contributed by atoms with Crippen LogP contribution in [0.15, 0.2) is 24.3 Å². The first-order chi connectivity index (χ1) is 7.24. The van der Waals surface area contributed by atoms with Crippen LogP contribution >= 0.6 is 0 Å². The van der Waals surface area contributed by atoms with E-state index in [1.54, 1.807) is 0 Å². The Morgan fingerprint density at radius 3 is 2.40 bits per heavy atom. The van der Waals surface area contributed by atoms with E-state index in [0.717, 1.165) is 26.1 Å². The first kappa shape index (κ1) is 12.2. The molecule has 2 nitrogen and oxygen atoms in total. The van der Waals surface area contributed by atoms with Crippen LogP contribution in [0.2, 0.25) is 0 Å². The van der Waals surface area contributed by atoms with Gasteiger partial charge in [-0.1, -0.05) is 38.1 Å². The number of hydrogen-bond donors (Lipinski definition) is 2. The maximum absolute atomic E-state index is 5.42. The lowest BCUT2D eigenvalue weighted by Gasteiger charge is -2.07. The van der Waals surface area contributed by atoms with E-state index in [2.05, 4.69) is 43.4 Å². The zero-order valence-electron chi connectivity index (χ0n) is 9.79. The van der Waals surface area contributed by atoms with E-state index in [4.69, 9.17) is 5.73 Å². The third-order valence-corrected chi connectivity index (χ3v) is 2.53. The molecule has 0 radical (unpaired) electrons. The summed E-state index contributed by atoms with van der Waals surface area (Å²) in [4.78, 5) is 0. The molecule has 0 aromatic heterocycles. The molecular formula is C13H22N2. The molecule has 0 heterocycles. The molecule has 0 aliphatic rings. The second kappa shape index (κ2) is 6.59. The van der Waals surface area contributed by atoms with Gasteiger partial charge in [0.1, 0.15) is 0 Å². The molecule has 0 saturated heterocycles. The topological polar surface area (TPSA) is 38.0 Å². The first-order valence-corrected chi connectivity index (χ1v) is 5.73. The maximum Gasteiger partial charge on any atom is 0.0205 e. The summed E-state index contributed by atoms with van der Waals surface area (Å²) in [5.74, 6) is 0.615. The van der Waals surface area contributed by atoms with Gasteiger partial charge in [-0.3, -0.25) is 0 Å². The first-order valence-electron chi connectivity index (χ1n) is 5.73. The van der Waals surface area contributed by atoms with E-state index in [1.165, 1.54) is 11.1 Å². The summed E-state index contributed by atoms with van der Waals surface area (Å²) >= 11 is 0. The molecule has 0 aliphatic heterocycles. The standard InChI is InChI=1S/C13H22N2/c1-11(2)13-6-4-12(5-7-13)10-15-9-3-8-14/h4-7,11,15H,3,8-10,14H2,1-2H3. The lowest BCUT2D eigenvalue weighted by molar-refractivity contribution is 0.655. The van der Waals surface area contributed by atoms with E-state index in [1.807, 2.05) is 0 Å². The normalized spacial score (nSPS) is 10.9. The van der Waals surface area contributed by atoms with Gasteiger partial charge in [0.2, 0.25) is 0 Å². The van der Waals surface area contributed by atoms with Crippen molar-refractivity contribution in [3.05, 3.63) is 35.4 Å². The highest BCUT2D eigenvalue weighted by molar-refractivity contribution is 5.24. The molecule has 3 N–H and O–H groups in total. The minimum absolute atomic E-state index is 0.615. The Bertz CT molecular complexity index is 264. The van der Waals surface area contributed by atoms with Crippen molar-refractivity contribution in [1.29, 1.82) is 0 Å². The van der Waals surface area contributed by atoms with Crippen molar-refractivity contribution in [3.8, 4) is 0 Å². The van der Waals surface area contributed by atoms with Gasteiger partial charge in [0.15, 0.2) is 0 Å². The van der Waals surface area contributed by atoms with Crippen molar-refractivity contribution >= 4 is 0 Å². The monoisotopic (exact) mass is 206 g/mol. The quantitative estimate of drug-likeness (QED) is 0.701. The highest BCUT2D eigenvalue weighted by atomic mass is 14.8. The van der Waals surface area contributed by atoms with Gasteiger partial charge in [-0.25, -0.2) is 0 Å². The number of benzene rings is 1. The maximum atomic E-state index is 5.42. The highest BCUT2D eigenvalue weighted by Crippen LogP contribution is 2.14. The Hall–Kier alpha value is -0.860. The average Bonchev–Trinajstić information content (AvgIpc) is 2.25. The van der Waals surface area contributed by atoms with Crippen LogP contribution in [0.3, 0.4) is 0 Å². The summed E-state index contributed by atoms with van der Waals surface area (Å²) in [5.41, 5.74) is 8.17. The van der Waals surface area contributed by atoms with Gasteiger partial charge >= 0.3 is 0 Å². The van der Waals surface area contributed by atoms with Gasteiger partial charge in [-0.2, -0.15) is 0 Å². The predicted octanol–water partition coefficient (Wildman–Crippen LogP) is 2.25. The molecule has 0 fully saturated rings. The fourth-order valence-electron chi connectivity index (χ4n) is 1.48. The van der Waals surface area contributed by atoms with Gasteiger partial charge in [-0.05, 0) is 36.6 Å². The molecule has 1 aromatic rings. The van der Waals surface area contributed by atoms with Crippen LogP contribution in [0.4, 0.5) is 0 Å². The van der Waals surface area contributed by atoms with Gasteiger partial charge in [-0.15, -0.1) is 0 Å². The summed E-state index contributed by atoms with van der Waals surface area (Å²) in [5, 5.41) is 3.37. The van der Waals surface area contributed by atoms with Gasteiger partial charge in [0, 0.05) is 6.54 Å². The van der Waals surface area contributed by atoms with Crippen molar-refractivity contribution in [2.24, 2.45) is 5.73 Å². The summed E-state index contributed by atoms with van der Waals surface area (Å²) < 4.78 is 0.